The molecule has 7 nitrogen and oxygen atoms in total. The molecule has 3 rings (SSSR count). The Morgan fingerprint density at radius 3 is 2.60 bits per heavy atom. The van der Waals surface area contributed by atoms with Gasteiger partial charge < -0.3 is 15.0 Å². The standard InChI is InChI=1S/C17H21N3O4S/c21-11-13(14-7-4-10-25-14)18-17(24)20-9-8-19(15(22)16(20)23)12-5-2-1-3-6-12/h4,7,10-13H,1-3,5-6,8-9H2,(H,18,24). The molecule has 1 aliphatic carbocycles. The number of rotatable bonds is 4. The molecule has 8 heteroatoms. The second-order valence-electron chi connectivity index (χ2n) is 6.33. The van der Waals surface area contributed by atoms with E-state index < -0.39 is 23.9 Å². The van der Waals surface area contributed by atoms with Crippen LogP contribution in [0.3, 0.4) is 0 Å². The normalized spacial score (nSPS) is 20.5. The van der Waals surface area contributed by atoms with Gasteiger partial charge in [-0.1, -0.05) is 25.3 Å². The second-order valence-corrected chi connectivity index (χ2v) is 7.31. The van der Waals surface area contributed by atoms with Crippen LogP contribution in [0.4, 0.5) is 4.79 Å². The number of carbonyl (C=O) groups is 4. The largest absolute Gasteiger partial charge is 0.330 e. The number of nitrogens with one attached hydrogen (secondary N) is 1. The van der Waals surface area contributed by atoms with Gasteiger partial charge in [-0.05, 0) is 24.3 Å². The van der Waals surface area contributed by atoms with Crippen molar-refractivity contribution in [1.82, 2.24) is 15.1 Å². The predicted octanol–water partition coefficient (Wildman–Crippen LogP) is 1.70. The molecule has 2 fully saturated rings. The van der Waals surface area contributed by atoms with E-state index in [1.54, 1.807) is 22.4 Å². The van der Waals surface area contributed by atoms with Crippen LogP contribution in [0, 0.1) is 0 Å². The van der Waals surface area contributed by atoms with Gasteiger partial charge in [-0.25, -0.2) is 4.79 Å². The lowest BCUT2D eigenvalue weighted by molar-refractivity contribution is -0.156. The number of hydrogen-bond donors (Lipinski definition) is 1. The van der Waals surface area contributed by atoms with Gasteiger partial charge in [0.1, 0.15) is 12.3 Å². The molecule has 25 heavy (non-hydrogen) atoms. The number of carbonyl (C=O) groups excluding carboxylic acids is 4. The number of piperazine rings is 1. The molecule has 1 saturated heterocycles. The Balaban J connectivity index is 1.63. The second kappa shape index (κ2) is 7.77. The molecule has 134 valence electrons. The van der Waals surface area contributed by atoms with Crippen molar-refractivity contribution in [1.29, 1.82) is 0 Å². The first-order valence-corrected chi connectivity index (χ1v) is 9.41. The van der Waals surface area contributed by atoms with Gasteiger partial charge in [0.2, 0.25) is 0 Å². The van der Waals surface area contributed by atoms with Crippen LogP contribution in [0.1, 0.15) is 43.0 Å². The maximum Gasteiger partial charge on any atom is 0.325 e. The van der Waals surface area contributed by atoms with Crippen molar-refractivity contribution in [3.63, 3.8) is 0 Å². The Bertz CT molecular complexity index is 655. The molecule has 0 spiro atoms. The summed E-state index contributed by atoms with van der Waals surface area (Å²) in [6.45, 7) is 0.510. The highest BCUT2D eigenvalue weighted by Gasteiger charge is 2.39. The van der Waals surface area contributed by atoms with Crippen LogP contribution >= 0.6 is 11.3 Å². The summed E-state index contributed by atoms with van der Waals surface area (Å²) in [7, 11) is 0. The van der Waals surface area contributed by atoms with E-state index in [-0.39, 0.29) is 12.6 Å². The molecule has 1 saturated carbocycles. The smallest absolute Gasteiger partial charge is 0.325 e. The number of aldehydes is 1. The third-order valence-electron chi connectivity index (χ3n) is 4.78. The summed E-state index contributed by atoms with van der Waals surface area (Å²) in [6.07, 6.45) is 5.74. The third-order valence-corrected chi connectivity index (χ3v) is 5.73. The van der Waals surface area contributed by atoms with E-state index in [1.807, 2.05) is 0 Å². The summed E-state index contributed by atoms with van der Waals surface area (Å²) >= 11 is 1.34. The minimum absolute atomic E-state index is 0.101. The van der Waals surface area contributed by atoms with Crippen LogP contribution in [0.25, 0.3) is 0 Å². The Hall–Kier alpha value is -2.22. The predicted molar refractivity (Wildman–Crippen MR) is 92.0 cm³/mol. The highest BCUT2D eigenvalue weighted by atomic mass is 32.1. The molecule has 0 bridgehead atoms. The Kier molecular flexibility index (Phi) is 5.47. The van der Waals surface area contributed by atoms with Gasteiger partial charge in [0, 0.05) is 24.0 Å². The van der Waals surface area contributed by atoms with Crippen molar-refractivity contribution < 1.29 is 19.2 Å². The number of thiophene rings is 1. The average molecular weight is 363 g/mol. The van der Waals surface area contributed by atoms with Crippen molar-refractivity contribution in [2.45, 2.75) is 44.2 Å². The van der Waals surface area contributed by atoms with Crippen LogP contribution < -0.4 is 5.32 Å². The maximum absolute atomic E-state index is 12.4. The van der Waals surface area contributed by atoms with Crippen LogP contribution in [0.5, 0.6) is 0 Å². The summed E-state index contributed by atoms with van der Waals surface area (Å²) in [5, 5.41) is 4.32. The van der Waals surface area contributed by atoms with Crippen molar-refractivity contribution in [3.05, 3.63) is 22.4 Å². The molecule has 1 N–H and O–H groups in total. The van der Waals surface area contributed by atoms with Crippen LogP contribution in [-0.4, -0.2) is 53.1 Å². The minimum Gasteiger partial charge on any atom is -0.330 e. The molecule has 1 aromatic heterocycles. The summed E-state index contributed by atoms with van der Waals surface area (Å²) < 4.78 is 0. The fraction of sp³-hybridized carbons (Fsp3) is 0.529. The van der Waals surface area contributed by atoms with E-state index in [0.29, 0.717) is 17.7 Å². The van der Waals surface area contributed by atoms with Gasteiger partial charge in [0.15, 0.2) is 0 Å². The number of amides is 4. The van der Waals surface area contributed by atoms with Gasteiger partial charge in [-0.3, -0.25) is 14.5 Å². The summed E-state index contributed by atoms with van der Waals surface area (Å²) in [6, 6.07) is 2.10. The molecule has 2 aliphatic rings. The SMILES string of the molecule is O=CC(NC(=O)N1CCN(C2CCCCC2)C(=O)C1=O)c1cccs1. The molecule has 2 heterocycles. The van der Waals surface area contributed by atoms with Crippen molar-refractivity contribution >= 4 is 35.5 Å². The number of hydrogen-bond acceptors (Lipinski definition) is 5. The molecule has 1 atom stereocenters. The van der Waals surface area contributed by atoms with Crippen molar-refractivity contribution in [2.24, 2.45) is 0 Å². The molecule has 0 radical (unpaired) electrons. The topological polar surface area (TPSA) is 86.8 Å². The van der Waals surface area contributed by atoms with Gasteiger partial charge in [-0.15, -0.1) is 11.3 Å². The third kappa shape index (κ3) is 3.73. The molecule has 1 unspecified atom stereocenters. The van der Waals surface area contributed by atoms with E-state index in [2.05, 4.69) is 5.32 Å². The van der Waals surface area contributed by atoms with E-state index in [1.165, 1.54) is 11.3 Å². The first-order chi connectivity index (χ1) is 12.1. The fourth-order valence-electron chi connectivity index (χ4n) is 3.44. The quantitative estimate of drug-likeness (QED) is 0.652. The van der Waals surface area contributed by atoms with Crippen LogP contribution in [-0.2, 0) is 14.4 Å². The minimum atomic E-state index is -0.815. The first kappa shape index (κ1) is 17.6. The van der Waals surface area contributed by atoms with Crippen molar-refractivity contribution in [2.75, 3.05) is 13.1 Å². The summed E-state index contributed by atoms with van der Waals surface area (Å²) in [4.78, 5) is 51.6. The molecule has 1 aliphatic heterocycles. The van der Waals surface area contributed by atoms with Gasteiger partial charge in [0.25, 0.3) is 0 Å². The zero-order chi connectivity index (χ0) is 17.8. The first-order valence-electron chi connectivity index (χ1n) is 8.53. The highest BCUT2D eigenvalue weighted by Crippen LogP contribution is 2.24. The molecular weight excluding hydrogens is 342 g/mol. The maximum atomic E-state index is 12.4. The zero-order valence-electron chi connectivity index (χ0n) is 13.8. The summed E-state index contributed by atoms with van der Waals surface area (Å²) in [5.74, 6) is -1.43. The monoisotopic (exact) mass is 363 g/mol. The lowest BCUT2D eigenvalue weighted by Gasteiger charge is -2.39. The molecule has 0 aromatic carbocycles. The fourth-order valence-corrected chi connectivity index (χ4v) is 4.17. The Morgan fingerprint density at radius 1 is 1.20 bits per heavy atom. The summed E-state index contributed by atoms with van der Waals surface area (Å²) in [5.41, 5.74) is 0. The number of nitrogens with zero attached hydrogens (tertiary/aromatic N) is 2. The molecule has 4 amide bonds. The molecule has 1 aromatic rings. The van der Waals surface area contributed by atoms with Crippen LogP contribution in [0.2, 0.25) is 0 Å². The number of urea groups is 1. The average Bonchev–Trinajstić information content (AvgIpc) is 3.17. The lowest BCUT2D eigenvalue weighted by Crippen LogP contribution is -2.60. The van der Waals surface area contributed by atoms with Gasteiger partial charge in [-0.2, -0.15) is 0 Å². The van der Waals surface area contributed by atoms with E-state index >= 15 is 0 Å². The van der Waals surface area contributed by atoms with Crippen LogP contribution in [0.15, 0.2) is 17.5 Å². The zero-order valence-corrected chi connectivity index (χ0v) is 14.7. The van der Waals surface area contributed by atoms with Crippen molar-refractivity contribution in [3.8, 4) is 0 Å². The van der Waals surface area contributed by atoms with Gasteiger partial charge >= 0.3 is 17.8 Å². The highest BCUT2D eigenvalue weighted by molar-refractivity contribution is 7.10. The van der Waals surface area contributed by atoms with E-state index in [4.69, 9.17) is 0 Å². The molecular formula is C17H21N3O4S. The Morgan fingerprint density at radius 2 is 1.96 bits per heavy atom. The van der Waals surface area contributed by atoms with E-state index in [9.17, 15) is 19.2 Å². The van der Waals surface area contributed by atoms with E-state index in [0.717, 1.165) is 37.0 Å². The lowest BCUT2D eigenvalue weighted by atomic mass is 9.93. The Labute approximate surface area is 150 Å². The number of imide groups is 1. The van der Waals surface area contributed by atoms with Gasteiger partial charge in [0.05, 0.1) is 0 Å².